The number of likely N-dealkylation sites (N-methyl/N-ethyl adjacent to an activating group) is 1. The Hall–Kier alpha value is -2.46. The maximum Gasteiger partial charge on any atom is 0.136 e. The summed E-state index contributed by atoms with van der Waals surface area (Å²) >= 11 is 0. The molecule has 22 heavy (non-hydrogen) atoms. The topological polar surface area (TPSA) is 68.4 Å². The molecule has 3 rings (SSSR count). The summed E-state index contributed by atoms with van der Waals surface area (Å²) in [7, 11) is 2.10. The third-order valence-electron chi connectivity index (χ3n) is 3.78. The molecule has 0 aliphatic rings. The molecular weight excluding hydrogens is 274 g/mol. The highest BCUT2D eigenvalue weighted by molar-refractivity contribution is 5.81. The Bertz CT molecular complexity index is 762. The molecular formula is C18H21N3O. The van der Waals surface area contributed by atoms with Gasteiger partial charge in [0, 0.05) is 29.4 Å². The van der Waals surface area contributed by atoms with Crippen molar-refractivity contribution in [1.29, 1.82) is 0 Å². The minimum atomic E-state index is 0.727. The Kier molecular flexibility index (Phi) is 4.02. The first kappa shape index (κ1) is 14.5. The second kappa shape index (κ2) is 6.12. The van der Waals surface area contributed by atoms with Gasteiger partial charge in [-0.1, -0.05) is 12.1 Å². The summed E-state index contributed by atoms with van der Waals surface area (Å²) in [5.41, 5.74) is 15.1. The zero-order chi connectivity index (χ0) is 15.5. The largest absolute Gasteiger partial charge is 0.460 e. The van der Waals surface area contributed by atoms with E-state index in [-0.39, 0.29) is 0 Å². The molecule has 4 nitrogen and oxygen atoms in total. The van der Waals surface area contributed by atoms with Gasteiger partial charge in [0.2, 0.25) is 0 Å². The van der Waals surface area contributed by atoms with E-state index >= 15 is 0 Å². The van der Waals surface area contributed by atoms with Crippen LogP contribution in [0.2, 0.25) is 0 Å². The molecule has 0 atom stereocenters. The lowest BCUT2D eigenvalue weighted by molar-refractivity contribution is 0.302. The Morgan fingerprint density at radius 1 is 0.955 bits per heavy atom. The van der Waals surface area contributed by atoms with Crippen molar-refractivity contribution in [3.63, 3.8) is 0 Å². The molecule has 3 aromatic rings. The van der Waals surface area contributed by atoms with Gasteiger partial charge in [-0.15, -0.1) is 0 Å². The highest BCUT2D eigenvalue weighted by Gasteiger charge is 2.07. The molecule has 0 saturated carbocycles. The summed E-state index contributed by atoms with van der Waals surface area (Å²) in [4.78, 5) is 2.25. The van der Waals surface area contributed by atoms with Crippen LogP contribution in [0.15, 0.2) is 52.9 Å². The van der Waals surface area contributed by atoms with Gasteiger partial charge in [0.1, 0.15) is 11.3 Å². The summed E-state index contributed by atoms with van der Waals surface area (Å²) in [5.74, 6) is 0.959. The molecule has 114 valence electrons. The lowest BCUT2D eigenvalue weighted by Gasteiger charge is -2.14. The van der Waals surface area contributed by atoms with E-state index in [4.69, 9.17) is 15.9 Å². The minimum Gasteiger partial charge on any atom is -0.460 e. The number of anilines is 2. The van der Waals surface area contributed by atoms with Crippen LogP contribution in [0.5, 0.6) is 0 Å². The van der Waals surface area contributed by atoms with Gasteiger partial charge in [0.25, 0.3) is 0 Å². The van der Waals surface area contributed by atoms with Gasteiger partial charge in [-0.2, -0.15) is 0 Å². The van der Waals surface area contributed by atoms with Crippen LogP contribution in [-0.4, -0.2) is 18.5 Å². The number of hydrogen-bond donors (Lipinski definition) is 2. The SMILES string of the molecule is CN(CCc1ccc(N)cc1)Cc1cc2ccc(N)cc2o1. The Balaban J connectivity index is 1.60. The zero-order valence-corrected chi connectivity index (χ0v) is 12.8. The number of rotatable bonds is 5. The highest BCUT2D eigenvalue weighted by atomic mass is 16.3. The summed E-state index contributed by atoms with van der Waals surface area (Å²) in [6, 6.07) is 15.9. The van der Waals surface area contributed by atoms with Crippen molar-refractivity contribution >= 4 is 22.3 Å². The molecule has 0 aliphatic heterocycles. The monoisotopic (exact) mass is 295 g/mol. The molecule has 0 spiro atoms. The lowest BCUT2D eigenvalue weighted by Crippen LogP contribution is -2.20. The fourth-order valence-electron chi connectivity index (χ4n) is 2.53. The predicted molar refractivity (Wildman–Crippen MR) is 91.5 cm³/mol. The fraction of sp³-hybridized carbons (Fsp3) is 0.222. The molecule has 1 heterocycles. The van der Waals surface area contributed by atoms with Crippen LogP contribution in [0.1, 0.15) is 11.3 Å². The van der Waals surface area contributed by atoms with Gasteiger partial charge >= 0.3 is 0 Å². The quantitative estimate of drug-likeness (QED) is 0.709. The standard InChI is InChI=1S/C18H21N3O/c1-21(9-8-13-2-5-15(19)6-3-13)12-17-10-14-4-7-16(20)11-18(14)22-17/h2-7,10-11H,8-9,12,19-20H2,1H3. The van der Waals surface area contributed by atoms with Gasteiger partial charge < -0.3 is 15.9 Å². The van der Waals surface area contributed by atoms with Crippen LogP contribution < -0.4 is 11.5 Å². The van der Waals surface area contributed by atoms with Gasteiger partial charge in [-0.05, 0) is 49.4 Å². The third kappa shape index (κ3) is 3.40. The number of furan rings is 1. The van der Waals surface area contributed by atoms with Gasteiger partial charge in [-0.3, -0.25) is 4.90 Å². The second-order valence-corrected chi connectivity index (χ2v) is 5.74. The van der Waals surface area contributed by atoms with Crippen LogP contribution >= 0.6 is 0 Å². The van der Waals surface area contributed by atoms with Crippen molar-refractivity contribution in [3.8, 4) is 0 Å². The Labute approximate surface area is 130 Å². The minimum absolute atomic E-state index is 0.727. The molecule has 0 aliphatic carbocycles. The second-order valence-electron chi connectivity index (χ2n) is 5.74. The normalized spacial score (nSPS) is 11.4. The van der Waals surface area contributed by atoms with E-state index in [1.165, 1.54) is 5.56 Å². The molecule has 0 bridgehead atoms. The van der Waals surface area contributed by atoms with Gasteiger partial charge in [-0.25, -0.2) is 0 Å². The molecule has 1 aromatic heterocycles. The highest BCUT2D eigenvalue weighted by Crippen LogP contribution is 2.22. The third-order valence-corrected chi connectivity index (χ3v) is 3.78. The molecule has 0 unspecified atom stereocenters. The number of nitrogens with two attached hydrogens (primary N) is 2. The summed E-state index contributed by atoms with van der Waals surface area (Å²) < 4.78 is 5.85. The van der Waals surface area contributed by atoms with Crippen LogP contribution in [0.3, 0.4) is 0 Å². The maximum absolute atomic E-state index is 5.85. The van der Waals surface area contributed by atoms with Crippen LogP contribution in [0, 0.1) is 0 Å². The van der Waals surface area contributed by atoms with E-state index < -0.39 is 0 Å². The van der Waals surface area contributed by atoms with E-state index in [0.29, 0.717) is 0 Å². The zero-order valence-electron chi connectivity index (χ0n) is 12.8. The van der Waals surface area contributed by atoms with Crippen LogP contribution in [0.25, 0.3) is 11.0 Å². The number of benzene rings is 2. The van der Waals surface area contributed by atoms with E-state index in [0.717, 1.165) is 47.6 Å². The van der Waals surface area contributed by atoms with E-state index in [9.17, 15) is 0 Å². The van der Waals surface area contributed by atoms with Gasteiger partial charge in [0.15, 0.2) is 0 Å². The first-order valence-electron chi connectivity index (χ1n) is 7.41. The van der Waals surface area contributed by atoms with Crippen LogP contribution in [-0.2, 0) is 13.0 Å². The van der Waals surface area contributed by atoms with Crippen molar-refractivity contribution < 1.29 is 4.42 Å². The average molecular weight is 295 g/mol. The van der Waals surface area contributed by atoms with Crippen molar-refractivity contribution in [2.45, 2.75) is 13.0 Å². The number of fused-ring (bicyclic) bond motifs is 1. The van der Waals surface area contributed by atoms with Crippen molar-refractivity contribution in [1.82, 2.24) is 4.90 Å². The molecule has 0 amide bonds. The van der Waals surface area contributed by atoms with E-state index in [1.807, 2.05) is 30.3 Å². The Morgan fingerprint density at radius 2 is 1.68 bits per heavy atom. The van der Waals surface area contributed by atoms with Gasteiger partial charge in [0.05, 0.1) is 6.54 Å². The Morgan fingerprint density at radius 3 is 2.45 bits per heavy atom. The van der Waals surface area contributed by atoms with E-state index in [2.05, 4.69) is 30.1 Å². The van der Waals surface area contributed by atoms with Crippen LogP contribution in [0.4, 0.5) is 11.4 Å². The summed E-state index contributed by atoms with van der Waals surface area (Å²) in [6.45, 7) is 1.74. The lowest BCUT2D eigenvalue weighted by atomic mass is 10.1. The molecule has 0 radical (unpaired) electrons. The molecule has 2 aromatic carbocycles. The molecule has 4 heteroatoms. The van der Waals surface area contributed by atoms with Crippen molar-refractivity contribution in [2.75, 3.05) is 25.1 Å². The predicted octanol–water partition coefficient (Wildman–Crippen LogP) is 3.27. The first-order valence-corrected chi connectivity index (χ1v) is 7.41. The number of nitrogens with zero attached hydrogens (tertiary/aromatic N) is 1. The fourth-order valence-corrected chi connectivity index (χ4v) is 2.53. The number of hydrogen-bond acceptors (Lipinski definition) is 4. The molecule has 0 saturated heterocycles. The molecule has 0 fully saturated rings. The first-order chi connectivity index (χ1) is 10.6. The van der Waals surface area contributed by atoms with Crippen molar-refractivity contribution in [3.05, 3.63) is 59.9 Å². The van der Waals surface area contributed by atoms with E-state index in [1.54, 1.807) is 0 Å². The summed E-state index contributed by atoms with van der Waals surface area (Å²) in [6.07, 6.45) is 0.990. The molecule has 4 N–H and O–H groups in total. The summed E-state index contributed by atoms with van der Waals surface area (Å²) in [5, 5.41) is 1.09. The average Bonchev–Trinajstić information content (AvgIpc) is 2.88. The maximum atomic E-state index is 5.85. The number of nitrogen functional groups attached to an aromatic ring is 2. The smallest absolute Gasteiger partial charge is 0.136 e. The van der Waals surface area contributed by atoms with Crippen molar-refractivity contribution in [2.24, 2.45) is 0 Å².